The smallest absolute Gasteiger partial charge is 0.599 e. The summed E-state index contributed by atoms with van der Waals surface area (Å²) in [5, 5.41) is 1.88. The molecule has 1 aliphatic rings. The van der Waals surface area contributed by atoms with Gasteiger partial charge in [0.05, 0.1) is 11.3 Å². The first-order valence-corrected chi connectivity index (χ1v) is 8.08. The van der Waals surface area contributed by atoms with Crippen LogP contribution in [0.25, 0.3) is 10.8 Å². The van der Waals surface area contributed by atoms with E-state index in [1.807, 2.05) is 55.4 Å². The summed E-state index contributed by atoms with van der Waals surface area (Å²) >= 11 is 0. The van der Waals surface area contributed by atoms with Gasteiger partial charge in [0.15, 0.2) is 5.69 Å². The molecule has 3 nitrogen and oxygen atoms in total. The molecule has 1 aliphatic heterocycles. The molecule has 0 atom stereocenters. The monoisotopic (exact) mass is 338 g/mol. The average molecular weight is 338 g/mol. The summed E-state index contributed by atoms with van der Waals surface area (Å²) in [4.78, 5) is 1.92. The van der Waals surface area contributed by atoms with E-state index in [4.69, 9.17) is 4.65 Å². The van der Waals surface area contributed by atoms with E-state index < -0.39 is 7.04 Å². The van der Waals surface area contributed by atoms with Crippen LogP contribution in [0.5, 0.6) is 5.75 Å². The lowest BCUT2D eigenvalue weighted by molar-refractivity contribution is -0.343. The number of anilines is 1. The minimum atomic E-state index is -4.18. The number of hydrogen-bond donors (Lipinski definition) is 0. The van der Waals surface area contributed by atoms with Gasteiger partial charge in [0.25, 0.3) is 0 Å². The summed E-state index contributed by atoms with van der Waals surface area (Å²) in [6, 6.07) is 18.1. The van der Waals surface area contributed by atoms with Crippen molar-refractivity contribution in [2.75, 3.05) is 19.0 Å². The molecule has 3 aromatic rings. The highest BCUT2D eigenvalue weighted by Crippen LogP contribution is 2.35. The molecular formula is C19H17BF2N2O. The Hall–Kier alpha value is -2.89. The van der Waals surface area contributed by atoms with Gasteiger partial charge in [-0.2, -0.15) is 0 Å². The number of fused-ring (bicyclic) bond motifs is 3. The molecule has 0 aliphatic carbocycles. The molecule has 1 heterocycles. The van der Waals surface area contributed by atoms with Gasteiger partial charge in [0, 0.05) is 31.9 Å². The Labute approximate surface area is 144 Å². The number of nitrogens with zero attached hydrogens (tertiary/aromatic N) is 2. The standard InChI is InChI=1S/C19H17BF2N2O/c1-23(2)15-8-10-16(11-9-15)24-13-18-17-6-4-3-5-14(17)7-12-19(18)25-20(24,21)22/h3-13H,1-2H3. The lowest BCUT2D eigenvalue weighted by atomic mass is 9.95. The highest BCUT2D eigenvalue weighted by molar-refractivity contribution is 6.53. The minimum Gasteiger partial charge on any atom is -0.599 e. The third kappa shape index (κ3) is 2.63. The summed E-state index contributed by atoms with van der Waals surface area (Å²) in [5.74, 6) is 0.213. The van der Waals surface area contributed by atoms with Crippen LogP contribution in [0.3, 0.4) is 0 Å². The maximum Gasteiger partial charge on any atom is 0.834 e. The molecule has 6 heteroatoms. The zero-order chi connectivity index (χ0) is 17.6. The van der Waals surface area contributed by atoms with Crippen molar-refractivity contribution >= 4 is 35.4 Å². The normalized spacial score (nSPS) is 15.3. The van der Waals surface area contributed by atoms with Gasteiger partial charge in [-0.25, -0.2) is 0 Å². The van der Waals surface area contributed by atoms with Crippen LogP contribution in [0.4, 0.5) is 20.0 Å². The number of hydrogen-bond acceptors (Lipinski definition) is 2. The molecule has 126 valence electrons. The van der Waals surface area contributed by atoms with Crippen molar-refractivity contribution in [2.24, 2.45) is 0 Å². The Bertz CT molecular complexity index is 984. The van der Waals surface area contributed by atoms with Crippen LogP contribution in [-0.4, -0.2) is 31.8 Å². The lowest BCUT2D eigenvalue weighted by Crippen LogP contribution is -2.46. The molecule has 0 fully saturated rings. The van der Waals surface area contributed by atoms with Crippen LogP contribution in [-0.2, 0) is 0 Å². The topological polar surface area (TPSA) is 15.5 Å². The molecule has 0 amide bonds. The van der Waals surface area contributed by atoms with Crippen LogP contribution in [0.2, 0.25) is 0 Å². The van der Waals surface area contributed by atoms with E-state index in [1.165, 1.54) is 6.21 Å². The molecule has 0 radical (unpaired) electrons. The SMILES string of the molecule is CN(C)c1ccc([N+]2=Cc3c(ccc4ccccc34)O[B-]2(F)F)cc1. The van der Waals surface area contributed by atoms with E-state index in [-0.39, 0.29) is 5.75 Å². The average Bonchev–Trinajstić information content (AvgIpc) is 2.60. The number of rotatable bonds is 2. The van der Waals surface area contributed by atoms with Crippen molar-refractivity contribution in [3.05, 3.63) is 66.2 Å². The first kappa shape index (κ1) is 15.6. The first-order chi connectivity index (χ1) is 12.0. The van der Waals surface area contributed by atoms with E-state index in [9.17, 15) is 8.63 Å². The zero-order valence-electron chi connectivity index (χ0n) is 14.0. The van der Waals surface area contributed by atoms with Crippen LogP contribution in [0, 0.1) is 0 Å². The third-order valence-corrected chi connectivity index (χ3v) is 4.46. The van der Waals surface area contributed by atoms with Gasteiger partial charge in [-0.05, 0) is 29.0 Å². The summed E-state index contributed by atoms with van der Waals surface area (Å²) in [6.07, 6.45) is 1.49. The Kier molecular flexibility index (Phi) is 3.49. The van der Waals surface area contributed by atoms with E-state index in [2.05, 4.69) is 0 Å². The van der Waals surface area contributed by atoms with Gasteiger partial charge in [-0.1, -0.05) is 30.3 Å². The van der Waals surface area contributed by atoms with E-state index >= 15 is 0 Å². The highest BCUT2D eigenvalue weighted by atomic mass is 19.3. The molecule has 0 bridgehead atoms. The van der Waals surface area contributed by atoms with Crippen LogP contribution < -0.4 is 9.55 Å². The maximum absolute atomic E-state index is 14.6. The Morgan fingerprint density at radius 1 is 0.920 bits per heavy atom. The van der Waals surface area contributed by atoms with E-state index in [0.29, 0.717) is 11.3 Å². The first-order valence-electron chi connectivity index (χ1n) is 8.08. The fourth-order valence-electron chi connectivity index (χ4n) is 3.12. The van der Waals surface area contributed by atoms with Gasteiger partial charge in [-0.3, -0.25) is 0 Å². The van der Waals surface area contributed by atoms with E-state index in [0.717, 1.165) is 20.9 Å². The molecule has 0 saturated carbocycles. The molecule has 3 aromatic carbocycles. The van der Waals surface area contributed by atoms with Gasteiger partial charge in [-0.15, -0.1) is 0 Å². The summed E-state index contributed by atoms with van der Waals surface area (Å²) in [7, 11) is -0.365. The van der Waals surface area contributed by atoms with Crippen molar-refractivity contribution in [1.82, 2.24) is 0 Å². The van der Waals surface area contributed by atoms with Gasteiger partial charge in [0.2, 0.25) is 0 Å². The zero-order valence-corrected chi connectivity index (χ0v) is 14.0. The second-order valence-electron chi connectivity index (χ2n) is 6.32. The second kappa shape index (κ2) is 5.58. The highest BCUT2D eigenvalue weighted by Gasteiger charge is 2.50. The van der Waals surface area contributed by atoms with Gasteiger partial charge in [0.1, 0.15) is 6.21 Å². The van der Waals surface area contributed by atoms with Gasteiger partial charge < -0.3 is 22.7 Å². The maximum atomic E-state index is 14.6. The Morgan fingerprint density at radius 3 is 2.36 bits per heavy atom. The van der Waals surface area contributed by atoms with Crippen molar-refractivity contribution in [3.63, 3.8) is 0 Å². The molecular weight excluding hydrogens is 321 g/mol. The minimum absolute atomic E-state index is 0.213. The fraction of sp³-hybridized carbons (Fsp3) is 0.105. The van der Waals surface area contributed by atoms with Crippen molar-refractivity contribution in [2.45, 2.75) is 0 Å². The predicted molar refractivity (Wildman–Crippen MR) is 98.4 cm³/mol. The summed E-state index contributed by atoms with van der Waals surface area (Å²) in [6.45, 7) is 0. The Balaban J connectivity index is 1.89. The van der Waals surface area contributed by atoms with E-state index in [1.54, 1.807) is 24.3 Å². The van der Waals surface area contributed by atoms with Crippen LogP contribution in [0.15, 0.2) is 60.7 Å². The van der Waals surface area contributed by atoms with Crippen LogP contribution >= 0.6 is 0 Å². The van der Waals surface area contributed by atoms with Crippen molar-refractivity contribution < 1.29 is 17.8 Å². The third-order valence-electron chi connectivity index (χ3n) is 4.46. The quantitative estimate of drug-likeness (QED) is 0.642. The lowest BCUT2D eigenvalue weighted by Gasteiger charge is -2.29. The van der Waals surface area contributed by atoms with Gasteiger partial charge >= 0.3 is 7.04 Å². The molecule has 25 heavy (non-hydrogen) atoms. The molecule has 0 unspecified atom stereocenters. The summed E-state index contributed by atoms with van der Waals surface area (Å²) in [5.41, 5.74) is 2.01. The molecule has 0 aromatic heterocycles. The molecule has 4 rings (SSSR count). The molecule has 0 N–H and O–H groups in total. The van der Waals surface area contributed by atoms with Crippen LogP contribution in [0.1, 0.15) is 5.56 Å². The molecule has 0 saturated heterocycles. The predicted octanol–water partition coefficient (Wildman–Crippen LogP) is 4.44. The van der Waals surface area contributed by atoms with Crippen molar-refractivity contribution in [3.8, 4) is 5.75 Å². The Morgan fingerprint density at radius 2 is 1.64 bits per heavy atom. The number of halogens is 2. The largest absolute Gasteiger partial charge is 0.834 e. The second-order valence-corrected chi connectivity index (χ2v) is 6.32. The number of benzene rings is 3. The fourth-order valence-corrected chi connectivity index (χ4v) is 3.12. The summed E-state index contributed by atoms with van der Waals surface area (Å²) < 4.78 is 35.3. The van der Waals surface area contributed by atoms with Crippen molar-refractivity contribution in [1.29, 1.82) is 0 Å². The molecule has 0 spiro atoms.